The van der Waals surface area contributed by atoms with Crippen LogP contribution < -0.4 is 0 Å². The Bertz CT molecular complexity index is 479. The van der Waals surface area contributed by atoms with Crippen molar-refractivity contribution >= 4 is 11.7 Å². The first kappa shape index (κ1) is 12.9. The van der Waals surface area contributed by atoms with Gasteiger partial charge in [-0.1, -0.05) is 0 Å². The highest BCUT2D eigenvalue weighted by atomic mass is 19.4. The van der Waals surface area contributed by atoms with Gasteiger partial charge in [-0.15, -0.1) is 0 Å². The summed E-state index contributed by atoms with van der Waals surface area (Å²) in [7, 11) is 0. The number of carboxylic acids is 1. The molecule has 0 aromatic carbocycles. The lowest BCUT2D eigenvalue weighted by Gasteiger charge is -2.06. The molecule has 0 spiro atoms. The molecule has 0 saturated carbocycles. The molecule has 0 aliphatic carbocycles. The fraction of sp³-hybridized carbons (Fsp3) is 0.429. The van der Waals surface area contributed by atoms with Crippen LogP contribution in [0.4, 0.5) is 18.9 Å². The Labute approximate surface area is 91.6 Å². The average molecular weight is 253 g/mol. The van der Waals surface area contributed by atoms with Crippen molar-refractivity contribution in [3.8, 4) is 0 Å². The number of halogens is 3. The van der Waals surface area contributed by atoms with Gasteiger partial charge in [0.1, 0.15) is 12.2 Å². The maximum atomic E-state index is 12.1. The van der Waals surface area contributed by atoms with Crippen LogP contribution in [0.5, 0.6) is 0 Å². The summed E-state index contributed by atoms with van der Waals surface area (Å²) in [6.45, 7) is -0.573. The molecule has 1 aromatic heterocycles. The molecule has 0 saturated heterocycles. The first-order chi connectivity index (χ1) is 7.63. The van der Waals surface area contributed by atoms with Crippen LogP contribution in [0, 0.1) is 17.0 Å². The SMILES string of the molecule is Cc1c([N+](=O)[O-])c(C(=O)O)nn1CC(F)(F)F. The zero-order valence-electron chi connectivity index (χ0n) is 8.35. The highest BCUT2D eigenvalue weighted by Gasteiger charge is 2.35. The summed E-state index contributed by atoms with van der Waals surface area (Å²) in [6.07, 6.45) is -4.64. The molecule has 0 aliphatic rings. The second-order valence-corrected chi connectivity index (χ2v) is 3.12. The molecule has 7 nitrogen and oxygen atoms in total. The molecular formula is C7H6F3N3O4. The standard InChI is InChI=1S/C7H6F3N3O4/c1-3-5(13(16)17)4(6(14)15)11-12(3)2-7(8,9)10/h2H2,1H3,(H,14,15). The largest absolute Gasteiger partial charge is 0.476 e. The molecule has 1 heterocycles. The van der Waals surface area contributed by atoms with Crippen LogP contribution >= 0.6 is 0 Å². The fourth-order valence-electron chi connectivity index (χ4n) is 1.22. The number of carboxylic acid groups (broad SMARTS) is 1. The zero-order chi connectivity index (χ0) is 13.4. The highest BCUT2D eigenvalue weighted by molar-refractivity contribution is 5.90. The lowest BCUT2D eigenvalue weighted by Crippen LogP contribution is -2.19. The van der Waals surface area contributed by atoms with Crippen molar-refractivity contribution in [1.29, 1.82) is 0 Å². The topological polar surface area (TPSA) is 98.3 Å². The summed E-state index contributed by atoms with van der Waals surface area (Å²) in [4.78, 5) is 20.1. The van der Waals surface area contributed by atoms with Gasteiger partial charge in [-0.2, -0.15) is 18.3 Å². The van der Waals surface area contributed by atoms with E-state index in [9.17, 15) is 28.1 Å². The Hall–Kier alpha value is -2.13. The molecule has 94 valence electrons. The number of nitro groups is 1. The molecule has 17 heavy (non-hydrogen) atoms. The van der Waals surface area contributed by atoms with Gasteiger partial charge < -0.3 is 5.11 Å². The lowest BCUT2D eigenvalue weighted by molar-refractivity contribution is -0.385. The van der Waals surface area contributed by atoms with Gasteiger partial charge in [0.05, 0.1) is 4.92 Å². The molecule has 0 atom stereocenters. The number of hydrogen-bond donors (Lipinski definition) is 1. The molecule has 1 N–H and O–H groups in total. The number of alkyl halides is 3. The van der Waals surface area contributed by atoms with Gasteiger partial charge in [0.15, 0.2) is 0 Å². The van der Waals surface area contributed by atoms with E-state index < -0.39 is 40.7 Å². The minimum atomic E-state index is -4.64. The van der Waals surface area contributed by atoms with Crippen molar-refractivity contribution in [3.63, 3.8) is 0 Å². The summed E-state index contributed by atoms with van der Waals surface area (Å²) < 4.78 is 36.5. The van der Waals surface area contributed by atoms with Gasteiger partial charge in [0.2, 0.25) is 5.69 Å². The predicted octanol–water partition coefficient (Wildman–Crippen LogP) is 1.36. The van der Waals surface area contributed by atoms with Crippen molar-refractivity contribution < 1.29 is 28.0 Å². The first-order valence-corrected chi connectivity index (χ1v) is 4.15. The second-order valence-electron chi connectivity index (χ2n) is 3.12. The fourth-order valence-corrected chi connectivity index (χ4v) is 1.22. The maximum Gasteiger partial charge on any atom is 0.408 e. The summed E-state index contributed by atoms with van der Waals surface area (Å²) >= 11 is 0. The van der Waals surface area contributed by atoms with E-state index in [1.165, 1.54) is 0 Å². The van der Waals surface area contributed by atoms with Gasteiger partial charge in [-0.3, -0.25) is 14.8 Å². The molecule has 0 unspecified atom stereocenters. The molecule has 1 aromatic rings. The van der Waals surface area contributed by atoms with Crippen molar-refractivity contribution in [1.82, 2.24) is 9.78 Å². The molecule has 0 bridgehead atoms. The second kappa shape index (κ2) is 4.03. The van der Waals surface area contributed by atoms with Crippen LogP contribution in [0.1, 0.15) is 16.2 Å². The van der Waals surface area contributed by atoms with E-state index in [0.29, 0.717) is 0 Å². The maximum absolute atomic E-state index is 12.1. The monoisotopic (exact) mass is 253 g/mol. The third kappa shape index (κ3) is 2.71. The Morgan fingerprint density at radius 3 is 2.41 bits per heavy atom. The Morgan fingerprint density at radius 2 is 2.12 bits per heavy atom. The third-order valence-corrected chi connectivity index (χ3v) is 1.89. The number of nitrogens with zero attached hydrogens (tertiary/aromatic N) is 3. The highest BCUT2D eigenvalue weighted by Crippen LogP contribution is 2.26. The smallest absolute Gasteiger partial charge is 0.408 e. The summed E-state index contributed by atoms with van der Waals surface area (Å²) in [5.74, 6) is -1.75. The van der Waals surface area contributed by atoms with Gasteiger partial charge in [0, 0.05) is 0 Å². The molecule has 10 heteroatoms. The Balaban J connectivity index is 3.32. The number of rotatable bonds is 3. The minimum Gasteiger partial charge on any atom is -0.476 e. The van der Waals surface area contributed by atoms with Gasteiger partial charge in [-0.25, -0.2) is 4.79 Å². The lowest BCUT2D eigenvalue weighted by atomic mass is 10.3. The van der Waals surface area contributed by atoms with E-state index in [1.807, 2.05) is 0 Å². The van der Waals surface area contributed by atoms with E-state index in [2.05, 4.69) is 5.10 Å². The van der Waals surface area contributed by atoms with Crippen molar-refractivity contribution in [2.45, 2.75) is 19.6 Å². The van der Waals surface area contributed by atoms with Crippen molar-refractivity contribution in [2.75, 3.05) is 0 Å². The summed E-state index contributed by atoms with van der Waals surface area (Å²) in [6, 6.07) is 0. The number of aromatic nitrogens is 2. The molecular weight excluding hydrogens is 247 g/mol. The third-order valence-electron chi connectivity index (χ3n) is 1.89. The van der Waals surface area contributed by atoms with E-state index in [-0.39, 0.29) is 4.68 Å². The Morgan fingerprint density at radius 1 is 1.59 bits per heavy atom. The molecule has 0 radical (unpaired) electrons. The van der Waals surface area contributed by atoms with Gasteiger partial charge in [0.25, 0.3) is 0 Å². The molecule has 0 fully saturated rings. The zero-order valence-corrected chi connectivity index (χ0v) is 8.35. The minimum absolute atomic E-state index is 0.252. The summed E-state index contributed by atoms with van der Waals surface area (Å²) in [5, 5.41) is 22.2. The normalized spacial score (nSPS) is 11.5. The number of aromatic carboxylic acids is 1. The van der Waals surface area contributed by atoms with Crippen LogP contribution in [-0.4, -0.2) is 32.0 Å². The predicted molar refractivity (Wildman–Crippen MR) is 46.6 cm³/mol. The van der Waals surface area contributed by atoms with Gasteiger partial charge in [-0.05, 0) is 6.92 Å². The quantitative estimate of drug-likeness (QED) is 0.647. The Kier molecular flexibility index (Phi) is 3.07. The van der Waals surface area contributed by atoms with Crippen LogP contribution in [0.2, 0.25) is 0 Å². The van der Waals surface area contributed by atoms with Crippen molar-refractivity contribution in [2.24, 2.45) is 0 Å². The molecule has 1 rings (SSSR count). The van der Waals surface area contributed by atoms with Crippen LogP contribution in [0.15, 0.2) is 0 Å². The van der Waals surface area contributed by atoms with E-state index in [0.717, 1.165) is 6.92 Å². The number of hydrogen-bond acceptors (Lipinski definition) is 4. The van der Waals surface area contributed by atoms with Crippen molar-refractivity contribution in [3.05, 3.63) is 21.5 Å². The van der Waals surface area contributed by atoms with E-state index in [1.54, 1.807) is 0 Å². The summed E-state index contributed by atoms with van der Waals surface area (Å²) in [5.41, 5.74) is -2.39. The van der Waals surface area contributed by atoms with Crippen LogP contribution in [0.3, 0.4) is 0 Å². The number of carbonyl (C=O) groups is 1. The van der Waals surface area contributed by atoms with Gasteiger partial charge >= 0.3 is 17.8 Å². The van der Waals surface area contributed by atoms with E-state index >= 15 is 0 Å². The molecule has 0 amide bonds. The van der Waals surface area contributed by atoms with E-state index in [4.69, 9.17) is 5.11 Å². The first-order valence-electron chi connectivity index (χ1n) is 4.15. The van der Waals surface area contributed by atoms with Crippen LogP contribution in [-0.2, 0) is 6.54 Å². The average Bonchev–Trinajstić information content (AvgIpc) is 2.41. The van der Waals surface area contributed by atoms with Crippen LogP contribution in [0.25, 0.3) is 0 Å². The molecule has 0 aliphatic heterocycles.